The van der Waals surface area contributed by atoms with E-state index in [4.69, 9.17) is 23.2 Å². The lowest BCUT2D eigenvalue weighted by atomic mass is 10.2. The summed E-state index contributed by atoms with van der Waals surface area (Å²) in [5.41, 5.74) is 1.72. The number of rotatable bonds is 8. The molecular formula is C21H23Cl2N3O3S2. The standard InChI is InChI=1S/C21H23Cl2N3O3S2/c1-14-4-9-17(23)20-19(14)24-21(30-20)26(12-11-25(2)3)18(27)10-13-31(28,29)16-7-5-15(22)6-8-16/h4-9H,10-13H2,1-3H3. The van der Waals surface area contributed by atoms with Gasteiger partial charge in [0.25, 0.3) is 0 Å². The zero-order chi connectivity index (χ0) is 22.8. The van der Waals surface area contributed by atoms with E-state index < -0.39 is 9.84 Å². The molecule has 1 amide bonds. The van der Waals surface area contributed by atoms with Crippen LogP contribution in [0.25, 0.3) is 10.2 Å². The quantitative estimate of drug-likeness (QED) is 0.450. The van der Waals surface area contributed by atoms with Gasteiger partial charge in [-0.3, -0.25) is 9.69 Å². The average Bonchev–Trinajstić information content (AvgIpc) is 3.16. The molecule has 1 heterocycles. The van der Waals surface area contributed by atoms with Crippen molar-refractivity contribution < 1.29 is 13.2 Å². The van der Waals surface area contributed by atoms with Crippen LogP contribution in [0.15, 0.2) is 41.3 Å². The Balaban J connectivity index is 1.85. The van der Waals surface area contributed by atoms with Crippen LogP contribution < -0.4 is 4.90 Å². The minimum atomic E-state index is -3.61. The van der Waals surface area contributed by atoms with Gasteiger partial charge in [0.05, 0.1) is 25.9 Å². The van der Waals surface area contributed by atoms with E-state index in [2.05, 4.69) is 4.98 Å². The molecule has 0 N–H and O–H groups in total. The number of benzene rings is 2. The number of aryl methyl sites for hydroxylation is 1. The van der Waals surface area contributed by atoms with Crippen molar-refractivity contribution in [2.75, 3.05) is 37.8 Å². The highest BCUT2D eigenvalue weighted by molar-refractivity contribution is 7.91. The molecule has 0 spiro atoms. The molecule has 3 rings (SSSR count). The molecule has 0 aliphatic rings. The number of aromatic nitrogens is 1. The number of halogens is 2. The topological polar surface area (TPSA) is 70.6 Å². The van der Waals surface area contributed by atoms with Crippen molar-refractivity contribution in [3.8, 4) is 0 Å². The molecule has 0 aliphatic heterocycles. The molecule has 0 saturated carbocycles. The van der Waals surface area contributed by atoms with Gasteiger partial charge in [0.1, 0.15) is 0 Å². The Kier molecular flexibility index (Phi) is 7.59. The van der Waals surface area contributed by atoms with Crippen LogP contribution in [0, 0.1) is 6.92 Å². The number of anilines is 1. The maximum absolute atomic E-state index is 13.1. The van der Waals surface area contributed by atoms with Crippen LogP contribution >= 0.6 is 34.5 Å². The molecule has 0 bridgehead atoms. The zero-order valence-electron chi connectivity index (χ0n) is 17.4. The van der Waals surface area contributed by atoms with Crippen molar-refractivity contribution in [1.29, 1.82) is 0 Å². The van der Waals surface area contributed by atoms with Crippen molar-refractivity contribution in [2.45, 2.75) is 18.2 Å². The first-order valence-corrected chi connectivity index (χ1v) is 12.8. The van der Waals surface area contributed by atoms with Crippen LogP contribution in [0.5, 0.6) is 0 Å². The molecule has 0 radical (unpaired) electrons. The third kappa shape index (κ3) is 5.75. The van der Waals surface area contributed by atoms with Gasteiger partial charge in [-0.1, -0.05) is 40.6 Å². The van der Waals surface area contributed by atoms with Crippen molar-refractivity contribution in [3.63, 3.8) is 0 Å². The van der Waals surface area contributed by atoms with Gasteiger partial charge in [-0.2, -0.15) is 0 Å². The summed E-state index contributed by atoms with van der Waals surface area (Å²) in [6, 6.07) is 9.64. The third-order valence-corrected chi connectivity index (χ3v) is 8.27. The first kappa shape index (κ1) is 23.9. The van der Waals surface area contributed by atoms with Gasteiger partial charge in [0.2, 0.25) is 5.91 Å². The minimum Gasteiger partial charge on any atom is -0.308 e. The fraction of sp³-hybridized carbons (Fsp3) is 0.333. The smallest absolute Gasteiger partial charge is 0.229 e. The summed E-state index contributed by atoms with van der Waals surface area (Å²) in [5, 5.41) is 1.55. The number of hydrogen-bond acceptors (Lipinski definition) is 6. The summed E-state index contributed by atoms with van der Waals surface area (Å²) in [5.74, 6) is -0.594. The van der Waals surface area contributed by atoms with E-state index in [1.54, 1.807) is 4.90 Å². The van der Waals surface area contributed by atoms with Crippen molar-refractivity contribution in [3.05, 3.63) is 52.0 Å². The van der Waals surface area contributed by atoms with Crippen molar-refractivity contribution in [2.24, 2.45) is 0 Å². The first-order chi connectivity index (χ1) is 14.6. The van der Waals surface area contributed by atoms with E-state index in [0.29, 0.717) is 28.3 Å². The molecule has 0 fully saturated rings. The molecule has 0 atom stereocenters. The second-order valence-corrected chi connectivity index (χ2v) is 11.3. The van der Waals surface area contributed by atoms with Crippen molar-refractivity contribution >= 4 is 65.6 Å². The summed E-state index contributed by atoms with van der Waals surface area (Å²) < 4.78 is 26.1. The van der Waals surface area contributed by atoms with E-state index in [1.807, 2.05) is 38.1 Å². The van der Waals surface area contributed by atoms with Crippen molar-refractivity contribution in [1.82, 2.24) is 9.88 Å². The largest absolute Gasteiger partial charge is 0.308 e. The Morgan fingerprint density at radius 3 is 2.35 bits per heavy atom. The number of carbonyl (C=O) groups is 1. The summed E-state index contributed by atoms with van der Waals surface area (Å²) >= 11 is 13.5. The van der Waals surface area contributed by atoms with Gasteiger partial charge in [0.15, 0.2) is 15.0 Å². The molecule has 6 nitrogen and oxygen atoms in total. The highest BCUT2D eigenvalue weighted by atomic mass is 35.5. The summed E-state index contributed by atoms with van der Waals surface area (Å²) in [6.45, 7) is 2.94. The lowest BCUT2D eigenvalue weighted by Crippen LogP contribution is -2.37. The summed E-state index contributed by atoms with van der Waals surface area (Å²) in [6.07, 6.45) is -0.152. The van der Waals surface area contributed by atoms with Crippen LogP contribution in [0.4, 0.5) is 5.13 Å². The number of sulfone groups is 1. The van der Waals surface area contributed by atoms with Gasteiger partial charge < -0.3 is 4.90 Å². The number of thiazole rings is 1. The fourth-order valence-corrected chi connectivity index (χ4v) is 5.67. The van der Waals surface area contributed by atoms with Gasteiger partial charge >= 0.3 is 0 Å². The molecule has 0 unspecified atom stereocenters. The maximum Gasteiger partial charge on any atom is 0.229 e. The van der Waals surface area contributed by atoms with Crippen LogP contribution in [0.2, 0.25) is 10.0 Å². The summed E-state index contributed by atoms with van der Waals surface area (Å²) in [7, 11) is 0.208. The van der Waals surface area contributed by atoms with Gasteiger partial charge in [0, 0.05) is 24.5 Å². The average molecular weight is 500 g/mol. The monoisotopic (exact) mass is 499 g/mol. The summed E-state index contributed by atoms with van der Waals surface area (Å²) in [4.78, 5) is 21.4. The van der Waals surface area contributed by atoms with Crippen LogP contribution in [-0.2, 0) is 14.6 Å². The van der Waals surface area contributed by atoms with Crippen LogP contribution in [-0.4, -0.2) is 57.1 Å². The highest BCUT2D eigenvalue weighted by Gasteiger charge is 2.24. The zero-order valence-corrected chi connectivity index (χ0v) is 20.6. The maximum atomic E-state index is 13.1. The van der Waals surface area contributed by atoms with E-state index >= 15 is 0 Å². The van der Waals surface area contributed by atoms with Gasteiger partial charge in [-0.25, -0.2) is 13.4 Å². The molecule has 3 aromatic rings. The molecule has 1 aromatic heterocycles. The molecule has 10 heteroatoms. The predicted molar refractivity (Wildman–Crippen MR) is 128 cm³/mol. The normalized spacial score (nSPS) is 11.9. The number of hydrogen-bond donors (Lipinski definition) is 0. The second-order valence-electron chi connectivity index (χ2n) is 7.41. The Bertz CT molecular complexity index is 1150. The molecule has 0 saturated heterocycles. The SMILES string of the molecule is Cc1ccc(Cl)c2sc(N(CCN(C)C)C(=O)CCS(=O)(=O)c3ccc(Cl)cc3)nc12. The van der Waals surface area contributed by atoms with E-state index in [-0.39, 0.29) is 23.0 Å². The molecule has 2 aromatic carbocycles. The Hall–Kier alpha value is -1.71. The number of fused-ring (bicyclic) bond motifs is 1. The third-order valence-electron chi connectivity index (χ3n) is 4.75. The number of carbonyl (C=O) groups excluding carboxylic acids is 1. The lowest BCUT2D eigenvalue weighted by Gasteiger charge is -2.22. The molecule has 166 valence electrons. The fourth-order valence-electron chi connectivity index (χ4n) is 2.95. The first-order valence-electron chi connectivity index (χ1n) is 9.57. The molecule has 0 aliphatic carbocycles. The Morgan fingerprint density at radius 1 is 1.06 bits per heavy atom. The predicted octanol–water partition coefficient (Wildman–Crippen LogP) is 4.67. The van der Waals surface area contributed by atoms with Crippen LogP contribution in [0.1, 0.15) is 12.0 Å². The Labute approximate surface area is 196 Å². The highest BCUT2D eigenvalue weighted by Crippen LogP contribution is 2.35. The number of likely N-dealkylation sites (N-methyl/N-ethyl adjacent to an activating group) is 1. The molecular weight excluding hydrogens is 477 g/mol. The number of amides is 1. The molecule has 31 heavy (non-hydrogen) atoms. The van der Waals surface area contributed by atoms with Gasteiger partial charge in [-0.15, -0.1) is 0 Å². The second kappa shape index (κ2) is 9.83. The van der Waals surface area contributed by atoms with Crippen LogP contribution in [0.3, 0.4) is 0 Å². The van der Waals surface area contributed by atoms with E-state index in [0.717, 1.165) is 15.8 Å². The van der Waals surface area contributed by atoms with E-state index in [9.17, 15) is 13.2 Å². The Morgan fingerprint density at radius 2 is 1.74 bits per heavy atom. The lowest BCUT2D eigenvalue weighted by molar-refractivity contribution is -0.118. The van der Waals surface area contributed by atoms with E-state index in [1.165, 1.54) is 35.6 Å². The van der Waals surface area contributed by atoms with Gasteiger partial charge in [-0.05, 0) is 56.9 Å². The number of nitrogens with zero attached hydrogens (tertiary/aromatic N) is 3. The minimum absolute atomic E-state index is 0.145.